The molecule has 0 radical (unpaired) electrons. The highest BCUT2D eigenvalue weighted by atomic mass is 16.5. The minimum absolute atomic E-state index is 0.0108. The molecule has 2 aromatic carbocycles. The summed E-state index contributed by atoms with van der Waals surface area (Å²) in [6.45, 7) is 0.541. The van der Waals surface area contributed by atoms with Gasteiger partial charge in [-0.2, -0.15) is 0 Å². The molecule has 24 heavy (non-hydrogen) atoms. The van der Waals surface area contributed by atoms with Gasteiger partial charge in [0.25, 0.3) is 0 Å². The van der Waals surface area contributed by atoms with Crippen molar-refractivity contribution in [1.29, 1.82) is 0 Å². The highest BCUT2D eigenvalue weighted by Gasteiger charge is 2.17. The first-order chi connectivity index (χ1) is 11.6. The monoisotopic (exact) mass is 328 g/mol. The van der Waals surface area contributed by atoms with Gasteiger partial charge in [-0.15, -0.1) is 0 Å². The lowest BCUT2D eigenvalue weighted by atomic mass is 10.1. The fourth-order valence-corrected chi connectivity index (χ4v) is 2.50. The van der Waals surface area contributed by atoms with E-state index in [0.29, 0.717) is 13.0 Å². The van der Waals surface area contributed by atoms with E-state index in [2.05, 4.69) is 5.32 Å². The van der Waals surface area contributed by atoms with Crippen molar-refractivity contribution >= 4 is 11.6 Å². The van der Waals surface area contributed by atoms with Crippen LogP contribution in [-0.4, -0.2) is 43.2 Å². The molecule has 0 aliphatic carbocycles. The molecule has 0 saturated heterocycles. The van der Waals surface area contributed by atoms with Gasteiger partial charge in [-0.25, -0.2) is 0 Å². The van der Waals surface area contributed by atoms with Gasteiger partial charge >= 0.3 is 0 Å². The van der Waals surface area contributed by atoms with Crippen molar-refractivity contribution in [1.82, 2.24) is 4.90 Å². The fraction of sp³-hybridized carbons (Fsp3) is 0.316. The number of hydrogen-bond acceptors (Lipinski definition) is 4. The van der Waals surface area contributed by atoms with Crippen LogP contribution >= 0.6 is 0 Å². The Hall–Kier alpha value is -2.37. The van der Waals surface area contributed by atoms with Gasteiger partial charge in [-0.05, 0) is 36.9 Å². The average molecular weight is 328 g/mol. The molecule has 0 aromatic heterocycles. The van der Waals surface area contributed by atoms with E-state index < -0.39 is 0 Å². The van der Waals surface area contributed by atoms with Crippen LogP contribution < -0.4 is 10.1 Å². The number of methoxy groups -OCH3 is 1. The molecular weight excluding hydrogens is 304 g/mol. The molecule has 0 aliphatic rings. The van der Waals surface area contributed by atoms with Crippen LogP contribution in [0.1, 0.15) is 18.0 Å². The Labute approximate surface area is 142 Å². The highest BCUT2D eigenvalue weighted by molar-refractivity contribution is 5.90. The Morgan fingerprint density at radius 2 is 1.83 bits per heavy atom. The Morgan fingerprint density at radius 1 is 1.17 bits per heavy atom. The first kappa shape index (κ1) is 18.0. The van der Waals surface area contributed by atoms with Crippen molar-refractivity contribution in [2.45, 2.75) is 12.5 Å². The van der Waals surface area contributed by atoms with Crippen molar-refractivity contribution in [3.8, 4) is 5.75 Å². The molecule has 2 N–H and O–H groups in total. The predicted octanol–water partition coefficient (Wildman–Crippen LogP) is 2.69. The second-order valence-corrected chi connectivity index (χ2v) is 5.62. The number of anilines is 1. The molecule has 1 amide bonds. The van der Waals surface area contributed by atoms with E-state index in [9.17, 15) is 9.90 Å². The van der Waals surface area contributed by atoms with E-state index in [1.54, 1.807) is 7.11 Å². The number of nitrogens with zero attached hydrogens (tertiary/aromatic N) is 1. The third kappa shape index (κ3) is 5.08. The van der Waals surface area contributed by atoms with Gasteiger partial charge in [0, 0.05) is 18.7 Å². The molecule has 1 unspecified atom stereocenters. The second-order valence-electron chi connectivity index (χ2n) is 5.62. The molecule has 0 bridgehead atoms. The smallest absolute Gasteiger partial charge is 0.225 e. The number of hydrogen-bond donors (Lipinski definition) is 2. The van der Waals surface area contributed by atoms with Crippen molar-refractivity contribution in [3.63, 3.8) is 0 Å². The van der Waals surface area contributed by atoms with Gasteiger partial charge < -0.3 is 15.2 Å². The molecule has 0 fully saturated rings. The number of carbonyl (C=O) groups is 1. The minimum atomic E-state index is -0.152. The Kier molecular flexibility index (Phi) is 6.78. The standard InChI is InChI=1S/C19H24N2O3/c1-21(13-12-19(23)20-16-6-4-3-5-7-16)18(14-22)15-8-10-17(24-2)11-9-15/h3-11,18,22H,12-14H2,1-2H3,(H,20,23). The normalized spacial score (nSPS) is 12.0. The van der Waals surface area contributed by atoms with Gasteiger partial charge in [-0.1, -0.05) is 30.3 Å². The quantitative estimate of drug-likeness (QED) is 0.782. The van der Waals surface area contributed by atoms with Crippen LogP contribution in [0, 0.1) is 0 Å². The van der Waals surface area contributed by atoms with Crippen LogP contribution in [0.5, 0.6) is 5.75 Å². The summed E-state index contributed by atoms with van der Waals surface area (Å²) in [4.78, 5) is 14.0. The number of rotatable bonds is 8. The Bertz CT molecular complexity index is 629. The number of carbonyl (C=O) groups excluding carboxylic acids is 1. The summed E-state index contributed by atoms with van der Waals surface area (Å²) in [5, 5.41) is 12.6. The molecule has 0 heterocycles. The van der Waals surface area contributed by atoms with Crippen LogP contribution in [0.4, 0.5) is 5.69 Å². The van der Waals surface area contributed by atoms with Crippen LogP contribution in [0.15, 0.2) is 54.6 Å². The SMILES string of the molecule is COc1ccc(C(CO)N(C)CCC(=O)Nc2ccccc2)cc1. The van der Waals surface area contributed by atoms with Crippen LogP contribution in [-0.2, 0) is 4.79 Å². The van der Waals surface area contributed by atoms with E-state index in [1.807, 2.05) is 66.5 Å². The molecule has 5 nitrogen and oxygen atoms in total. The molecule has 5 heteroatoms. The maximum absolute atomic E-state index is 12.0. The number of aliphatic hydroxyl groups excluding tert-OH is 1. The maximum Gasteiger partial charge on any atom is 0.225 e. The van der Waals surface area contributed by atoms with Gasteiger partial charge in [0.2, 0.25) is 5.91 Å². The summed E-state index contributed by atoms with van der Waals surface area (Å²) in [5.74, 6) is 0.736. The molecule has 0 aliphatic heterocycles. The third-order valence-electron chi connectivity index (χ3n) is 3.95. The van der Waals surface area contributed by atoms with E-state index >= 15 is 0 Å². The Morgan fingerprint density at radius 3 is 2.42 bits per heavy atom. The number of ether oxygens (including phenoxy) is 1. The molecule has 1 atom stereocenters. The van der Waals surface area contributed by atoms with Crippen molar-refractivity contribution < 1.29 is 14.6 Å². The van der Waals surface area contributed by atoms with E-state index in [1.165, 1.54) is 0 Å². The highest BCUT2D eigenvalue weighted by Crippen LogP contribution is 2.22. The molecular formula is C19H24N2O3. The predicted molar refractivity (Wildman–Crippen MR) is 95.1 cm³/mol. The summed E-state index contributed by atoms with van der Waals surface area (Å²) in [5.41, 5.74) is 1.78. The lowest BCUT2D eigenvalue weighted by Crippen LogP contribution is -2.30. The third-order valence-corrected chi connectivity index (χ3v) is 3.95. The summed E-state index contributed by atoms with van der Waals surface area (Å²) in [6, 6.07) is 16.8. The average Bonchev–Trinajstić information content (AvgIpc) is 2.62. The molecule has 0 saturated carbocycles. The lowest BCUT2D eigenvalue weighted by Gasteiger charge is -2.26. The topological polar surface area (TPSA) is 61.8 Å². The van der Waals surface area contributed by atoms with Gasteiger partial charge in [0.05, 0.1) is 19.8 Å². The first-order valence-electron chi connectivity index (χ1n) is 7.94. The Balaban J connectivity index is 1.89. The maximum atomic E-state index is 12.0. The van der Waals surface area contributed by atoms with Crippen LogP contribution in [0.2, 0.25) is 0 Å². The van der Waals surface area contributed by atoms with E-state index in [0.717, 1.165) is 17.0 Å². The van der Waals surface area contributed by atoms with Crippen LogP contribution in [0.3, 0.4) is 0 Å². The zero-order valence-electron chi connectivity index (χ0n) is 14.1. The minimum Gasteiger partial charge on any atom is -0.497 e. The second kappa shape index (κ2) is 9.05. The van der Waals surface area contributed by atoms with E-state index in [4.69, 9.17) is 4.74 Å². The fourth-order valence-electron chi connectivity index (χ4n) is 2.50. The van der Waals surface area contributed by atoms with Crippen molar-refractivity contribution in [2.24, 2.45) is 0 Å². The zero-order chi connectivity index (χ0) is 17.4. The number of para-hydroxylation sites is 1. The zero-order valence-corrected chi connectivity index (χ0v) is 14.1. The summed E-state index contributed by atoms with van der Waals surface area (Å²) < 4.78 is 5.15. The number of amides is 1. The molecule has 2 aromatic rings. The molecule has 128 valence electrons. The van der Waals surface area contributed by atoms with Gasteiger partial charge in [0.15, 0.2) is 0 Å². The summed E-state index contributed by atoms with van der Waals surface area (Å²) in [6.07, 6.45) is 0.359. The lowest BCUT2D eigenvalue weighted by molar-refractivity contribution is -0.116. The number of benzene rings is 2. The number of nitrogens with one attached hydrogen (secondary N) is 1. The summed E-state index contributed by atoms with van der Waals surface area (Å²) >= 11 is 0. The van der Waals surface area contributed by atoms with Crippen LogP contribution in [0.25, 0.3) is 0 Å². The van der Waals surface area contributed by atoms with Gasteiger partial charge in [0.1, 0.15) is 5.75 Å². The van der Waals surface area contributed by atoms with Crippen molar-refractivity contribution in [3.05, 3.63) is 60.2 Å². The molecule has 2 rings (SSSR count). The molecule has 0 spiro atoms. The van der Waals surface area contributed by atoms with Crippen molar-refractivity contribution in [2.75, 3.05) is 32.6 Å². The number of likely N-dealkylation sites (N-methyl/N-ethyl adjacent to an activating group) is 1. The van der Waals surface area contributed by atoms with Gasteiger partial charge in [-0.3, -0.25) is 9.69 Å². The largest absolute Gasteiger partial charge is 0.497 e. The van der Waals surface area contributed by atoms with E-state index in [-0.39, 0.29) is 18.6 Å². The first-order valence-corrected chi connectivity index (χ1v) is 7.94. The number of aliphatic hydroxyl groups is 1. The summed E-state index contributed by atoms with van der Waals surface area (Å²) in [7, 11) is 3.52.